The van der Waals surface area contributed by atoms with Gasteiger partial charge in [0.25, 0.3) is 11.7 Å². The Balaban J connectivity index is 1.38. The van der Waals surface area contributed by atoms with Crippen LogP contribution in [-0.4, -0.2) is 65.7 Å². The van der Waals surface area contributed by atoms with Crippen molar-refractivity contribution in [3.8, 4) is 5.69 Å². The molecular formula is C24H22F3N5O5S. The minimum absolute atomic E-state index is 0.0336. The summed E-state index contributed by atoms with van der Waals surface area (Å²) in [6, 6.07) is 7.98. The number of hydrogen-bond donors (Lipinski definition) is 0. The minimum Gasteiger partial charge on any atom is -0.383 e. The van der Waals surface area contributed by atoms with Crippen LogP contribution in [0.5, 0.6) is 0 Å². The van der Waals surface area contributed by atoms with Gasteiger partial charge in [0.05, 0.1) is 46.7 Å². The van der Waals surface area contributed by atoms with Gasteiger partial charge in [-0.2, -0.15) is 17.5 Å². The van der Waals surface area contributed by atoms with Gasteiger partial charge in [-0.15, -0.1) is 5.10 Å². The normalized spacial score (nSPS) is 18.4. The van der Waals surface area contributed by atoms with Gasteiger partial charge in [0.15, 0.2) is 0 Å². The maximum Gasteiger partial charge on any atom is 0.416 e. The highest BCUT2D eigenvalue weighted by Gasteiger charge is 2.40. The number of rotatable bonds is 7. The summed E-state index contributed by atoms with van der Waals surface area (Å²) in [6.45, 7) is 0.440. The van der Waals surface area contributed by atoms with Crippen molar-refractivity contribution in [3.63, 3.8) is 0 Å². The minimum atomic E-state index is -4.47. The van der Waals surface area contributed by atoms with E-state index in [-0.39, 0.29) is 41.0 Å². The molecule has 0 aliphatic carbocycles. The van der Waals surface area contributed by atoms with Gasteiger partial charge >= 0.3 is 6.18 Å². The van der Waals surface area contributed by atoms with Crippen molar-refractivity contribution in [2.75, 3.05) is 25.2 Å². The Kier molecular flexibility index (Phi) is 6.57. The van der Waals surface area contributed by atoms with E-state index in [9.17, 15) is 31.2 Å². The van der Waals surface area contributed by atoms with Gasteiger partial charge < -0.3 is 4.74 Å². The van der Waals surface area contributed by atoms with E-state index in [0.717, 1.165) is 12.1 Å². The first-order chi connectivity index (χ1) is 18.0. The summed E-state index contributed by atoms with van der Waals surface area (Å²) >= 11 is 0. The van der Waals surface area contributed by atoms with Gasteiger partial charge in [0, 0.05) is 19.7 Å². The van der Waals surface area contributed by atoms with Crippen LogP contribution in [0.15, 0.2) is 53.6 Å². The van der Waals surface area contributed by atoms with Crippen LogP contribution in [0.4, 0.5) is 18.9 Å². The SMILES string of the molecule is COC[C@@H]1CCCN1S(=O)(=O)c1ccc2c(c1)C(=O)C(=O)N2Cc1cn(-c2ccc(C(F)(F)F)cc2)nn1. The molecule has 0 spiro atoms. The summed E-state index contributed by atoms with van der Waals surface area (Å²) in [5.74, 6) is -1.70. The van der Waals surface area contributed by atoms with E-state index in [2.05, 4.69) is 10.3 Å². The average molecular weight is 550 g/mol. The number of benzene rings is 2. The molecule has 1 amide bonds. The second-order valence-corrected chi connectivity index (χ2v) is 10.9. The number of methoxy groups -OCH3 is 1. The van der Waals surface area contributed by atoms with E-state index in [0.29, 0.717) is 25.1 Å². The van der Waals surface area contributed by atoms with E-state index in [1.54, 1.807) is 0 Å². The zero-order valence-corrected chi connectivity index (χ0v) is 20.9. The molecule has 1 fully saturated rings. The van der Waals surface area contributed by atoms with Crippen molar-refractivity contribution in [1.82, 2.24) is 19.3 Å². The fourth-order valence-corrected chi connectivity index (χ4v) is 6.38. The van der Waals surface area contributed by atoms with Gasteiger partial charge in [0.1, 0.15) is 5.69 Å². The number of sulfonamides is 1. The highest BCUT2D eigenvalue weighted by Crippen LogP contribution is 2.34. The third-order valence-corrected chi connectivity index (χ3v) is 8.50. The number of nitrogens with zero attached hydrogens (tertiary/aromatic N) is 5. The standard InChI is InChI=1S/C24H22F3N5O5S/c1-37-14-18-3-2-10-32(18)38(35,36)19-8-9-21-20(11-19)22(33)23(34)30(21)12-16-13-31(29-28-16)17-6-4-15(5-7-17)24(25,26)27/h4-9,11,13,18H,2-3,10,12,14H2,1H3/t18-/m0/s1. The van der Waals surface area contributed by atoms with Crippen LogP contribution in [-0.2, 0) is 32.3 Å². The molecule has 2 aliphatic heterocycles. The molecule has 5 rings (SSSR count). The third kappa shape index (κ3) is 4.59. The molecule has 0 radical (unpaired) electrons. The summed E-state index contributed by atoms with van der Waals surface area (Å²) in [5, 5.41) is 7.87. The van der Waals surface area contributed by atoms with Crippen molar-refractivity contribution < 1.29 is 35.9 Å². The summed E-state index contributed by atoms with van der Waals surface area (Å²) in [7, 11) is -2.41. The number of Topliss-reactive ketones (excluding diaryl/α,β-unsaturated/α-hetero) is 1. The van der Waals surface area contributed by atoms with E-state index in [1.807, 2.05) is 0 Å². The fraction of sp³-hybridized carbons (Fsp3) is 0.333. The zero-order valence-electron chi connectivity index (χ0n) is 20.1. The van der Waals surface area contributed by atoms with Crippen LogP contribution < -0.4 is 4.90 Å². The van der Waals surface area contributed by atoms with Crippen molar-refractivity contribution in [2.45, 2.75) is 36.5 Å². The molecule has 1 atom stereocenters. The molecule has 0 unspecified atom stereocenters. The Labute approximate surface area is 215 Å². The quantitative estimate of drug-likeness (QED) is 0.417. The lowest BCUT2D eigenvalue weighted by Gasteiger charge is -2.23. The van der Waals surface area contributed by atoms with E-state index in [1.165, 1.54) is 57.5 Å². The van der Waals surface area contributed by atoms with Crippen LogP contribution in [0.2, 0.25) is 0 Å². The maximum absolute atomic E-state index is 13.3. The highest BCUT2D eigenvalue weighted by atomic mass is 32.2. The predicted molar refractivity (Wildman–Crippen MR) is 127 cm³/mol. The van der Waals surface area contributed by atoms with Crippen molar-refractivity contribution in [2.24, 2.45) is 0 Å². The van der Waals surface area contributed by atoms with E-state index in [4.69, 9.17) is 4.74 Å². The Morgan fingerprint density at radius 1 is 1.11 bits per heavy atom. The van der Waals surface area contributed by atoms with E-state index < -0.39 is 33.5 Å². The van der Waals surface area contributed by atoms with Gasteiger partial charge in [-0.1, -0.05) is 5.21 Å². The number of carbonyl (C=O) groups is 2. The number of ketones is 1. The predicted octanol–water partition coefficient (Wildman–Crippen LogP) is 2.82. The Morgan fingerprint density at radius 2 is 1.84 bits per heavy atom. The number of alkyl halides is 3. The molecule has 1 aromatic heterocycles. The summed E-state index contributed by atoms with van der Waals surface area (Å²) in [6.07, 6.45) is -1.69. The van der Waals surface area contributed by atoms with Crippen molar-refractivity contribution in [3.05, 3.63) is 65.5 Å². The van der Waals surface area contributed by atoms with Gasteiger partial charge in [-0.3, -0.25) is 14.5 Å². The zero-order chi connectivity index (χ0) is 27.2. The number of hydrogen-bond acceptors (Lipinski definition) is 7. The first-order valence-corrected chi connectivity index (χ1v) is 13.0. The highest BCUT2D eigenvalue weighted by molar-refractivity contribution is 7.89. The molecule has 38 heavy (non-hydrogen) atoms. The number of fused-ring (bicyclic) bond motifs is 1. The number of aromatic nitrogens is 3. The smallest absolute Gasteiger partial charge is 0.383 e. The van der Waals surface area contributed by atoms with Crippen LogP contribution in [0.1, 0.15) is 34.5 Å². The molecule has 10 nitrogen and oxygen atoms in total. The molecule has 2 aliphatic rings. The first kappa shape index (κ1) is 26.0. The monoisotopic (exact) mass is 549 g/mol. The van der Waals surface area contributed by atoms with Crippen molar-refractivity contribution >= 4 is 27.4 Å². The summed E-state index contributed by atoms with van der Waals surface area (Å²) < 4.78 is 72.8. The molecule has 0 N–H and O–H groups in total. The van der Waals surface area contributed by atoms with Crippen LogP contribution >= 0.6 is 0 Å². The van der Waals surface area contributed by atoms with Gasteiger partial charge in [0.2, 0.25) is 10.0 Å². The van der Waals surface area contributed by atoms with Crippen LogP contribution in [0.3, 0.4) is 0 Å². The lowest BCUT2D eigenvalue weighted by atomic mass is 10.1. The van der Waals surface area contributed by atoms with Gasteiger partial charge in [-0.25, -0.2) is 13.1 Å². The molecule has 200 valence electrons. The lowest BCUT2D eigenvalue weighted by Crippen LogP contribution is -2.38. The Morgan fingerprint density at radius 3 is 2.53 bits per heavy atom. The molecule has 14 heteroatoms. The average Bonchev–Trinajstić information content (AvgIpc) is 3.60. The Bertz CT molecular complexity index is 1500. The van der Waals surface area contributed by atoms with Crippen LogP contribution in [0, 0.1) is 0 Å². The van der Waals surface area contributed by atoms with Crippen molar-refractivity contribution in [1.29, 1.82) is 0 Å². The summed E-state index contributed by atoms with van der Waals surface area (Å²) in [4.78, 5) is 26.6. The van der Waals surface area contributed by atoms with E-state index >= 15 is 0 Å². The fourth-order valence-electron chi connectivity index (χ4n) is 4.68. The molecule has 3 heterocycles. The molecule has 1 saturated heterocycles. The number of anilines is 1. The largest absolute Gasteiger partial charge is 0.416 e. The second-order valence-electron chi connectivity index (χ2n) is 8.97. The topological polar surface area (TPSA) is 115 Å². The molecule has 3 aromatic rings. The molecule has 0 saturated carbocycles. The number of halogens is 3. The number of ether oxygens (including phenoxy) is 1. The number of carbonyl (C=O) groups excluding carboxylic acids is 2. The lowest BCUT2D eigenvalue weighted by molar-refractivity contribution is -0.137. The molecule has 0 bridgehead atoms. The summed E-state index contributed by atoms with van der Waals surface area (Å²) in [5.41, 5.74) is -0.00845. The number of amides is 1. The molecular weight excluding hydrogens is 527 g/mol. The molecule has 2 aromatic carbocycles. The van der Waals surface area contributed by atoms with Gasteiger partial charge in [-0.05, 0) is 55.3 Å². The van der Waals surface area contributed by atoms with Crippen LogP contribution in [0.25, 0.3) is 5.69 Å². The second kappa shape index (κ2) is 9.60. The third-order valence-electron chi connectivity index (χ3n) is 6.55. The Hall–Kier alpha value is -3.62. The first-order valence-electron chi connectivity index (χ1n) is 11.6. The maximum atomic E-state index is 13.3.